The Balaban J connectivity index is 1.57. The summed E-state index contributed by atoms with van der Waals surface area (Å²) in [4.78, 5) is 2.49. The number of hydrogen-bond donors (Lipinski definition) is 1. The molecule has 4 nitrogen and oxygen atoms in total. The fraction of sp³-hybridized carbons (Fsp3) is 0.438. The van der Waals surface area contributed by atoms with Crippen molar-refractivity contribution in [3.63, 3.8) is 0 Å². The number of H-pyrrole nitrogens is 1. The predicted octanol–water partition coefficient (Wildman–Crippen LogP) is 2.76. The monoisotopic (exact) mass is 271 g/mol. The maximum absolute atomic E-state index is 5.90. The topological polar surface area (TPSA) is 41.2 Å². The molecule has 0 unspecified atom stereocenters. The smallest absolute Gasteiger partial charge is 0.119 e. The number of hydrogen-bond acceptors (Lipinski definition) is 3. The first kappa shape index (κ1) is 13.2. The van der Waals surface area contributed by atoms with Crippen LogP contribution >= 0.6 is 0 Å². The van der Waals surface area contributed by atoms with E-state index >= 15 is 0 Å². The summed E-state index contributed by atoms with van der Waals surface area (Å²) in [5.74, 6) is 0.956. The van der Waals surface area contributed by atoms with E-state index in [2.05, 4.69) is 22.0 Å². The lowest BCUT2D eigenvalue weighted by molar-refractivity contribution is 0.165. The number of ether oxygens (including phenoxy) is 1. The highest BCUT2D eigenvalue weighted by molar-refractivity contribution is 5.21. The van der Waals surface area contributed by atoms with Gasteiger partial charge in [-0.25, -0.2) is 0 Å². The molecular weight excluding hydrogens is 250 g/mol. The van der Waals surface area contributed by atoms with Gasteiger partial charge in [0.2, 0.25) is 0 Å². The fourth-order valence-corrected chi connectivity index (χ4v) is 2.74. The van der Waals surface area contributed by atoms with Gasteiger partial charge < -0.3 is 4.74 Å². The quantitative estimate of drug-likeness (QED) is 0.909. The maximum Gasteiger partial charge on any atom is 0.119 e. The van der Waals surface area contributed by atoms with E-state index < -0.39 is 0 Å². The number of nitrogens with zero attached hydrogens (tertiary/aromatic N) is 2. The Labute approximate surface area is 119 Å². The van der Waals surface area contributed by atoms with E-state index in [1.807, 2.05) is 36.5 Å². The summed E-state index contributed by atoms with van der Waals surface area (Å²) in [5, 5.41) is 7.19. The largest absolute Gasteiger partial charge is 0.492 e. The van der Waals surface area contributed by atoms with Crippen molar-refractivity contribution in [2.24, 2.45) is 0 Å². The van der Waals surface area contributed by atoms with Crippen LogP contribution in [0.2, 0.25) is 0 Å². The molecule has 2 heterocycles. The molecule has 0 spiro atoms. The molecule has 106 valence electrons. The Bertz CT molecular complexity index is 538. The molecule has 1 N–H and O–H groups in total. The number of aromatic amines is 1. The van der Waals surface area contributed by atoms with Gasteiger partial charge >= 0.3 is 0 Å². The van der Waals surface area contributed by atoms with E-state index in [1.54, 1.807) is 0 Å². The molecule has 20 heavy (non-hydrogen) atoms. The van der Waals surface area contributed by atoms with E-state index in [-0.39, 0.29) is 0 Å². The van der Waals surface area contributed by atoms with Crippen LogP contribution in [0, 0.1) is 6.92 Å². The van der Waals surface area contributed by atoms with Crippen molar-refractivity contribution in [3.8, 4) is 5.75 Å². The first-order chi connectivity index (χ1) is 9.83. The second kappa shape index (κ2) is 6.09. The van der Waals surface area contributed by atoms with Gasteiger partial charge in [0.05, 0.1) is 11.9 Å². The molecule has 1 aliphatic rings. The third kappa shape index (κ3) is 3.02. The van der Waals surface area contributed by atoms with Gasteiger partial charge in [0.25, 0.3) is 0 Å². The number of aromatic nitrogens is 2. The summed E-state index contributed by atoms with van der Waals surface area (Å²) in [6, 6.07) is 10.6. The first-order valence-corrected chi connectivity index (χ1v) is 7.23. The number of nitrogens with one attached hydrogen (secondary N) is 1. The van der Waals surface area contributed by atoms with Crippen LogP contribution in [0.5, 0.6) is 5.75 Å². The number of likely N-dealkylation sites (tertiary alicyclic amines) is 1. The summed E-state index contributed by atoms with van der Waals surface area (Å²) in [5.41, 5.74) is 2.45. The lowest BCUT2D eigenvalue weighted by atomic mass is 10.2. The molecule has 2 aromatic rings. The van der Waals surface area contributed by atoms with E-state index in [9.17, 15) is 0 Å². The van der Waals surface area contributed by atoms with E-state index in [0.717, 1.165) is 25.4 Å². The molecule has 1 aromatic heterocycles. The molecule has 1 fully saturated rings. The van der Waals surface area contributed by atoms with Gasteiger partial charge in [-0.05, 0) is 44.0 Å². The highest BCUT2D eigenvalue weighted by atomic mass is 16.5. The third-order valence-corrected chi connectivity index (χ3v) is 3.98. The van der Waals surface area contributed by atoms with Crippen molar-refractivity contribution in [3.05, 3.63) is 47.8 Å². The normalized spacial score (nSPS) is 19.4. The van der Waals surface area contributed by atoms with Gasteiger partial charge in [0.15, 0.2) is 0 Å². The number of aryl methyl sites for hydroxylation is 1. The molecule has 0 radical (unpaired) electrons. The van der Waals surface area contributed by atoms with Gasteiger partial charge in [-0.15, -0.1) is 0 Å². The second-order valence-corrected chi connectivity index (χ2v) is 5.42. The van der Waals surface area contributed by atoms with E-state index in [1.165, 1.54) is 24.1 Å². The maximum atomic E-state index is 5.90. The Kier molecular flexibility index (Phi) is 4.02. The number of para-hydroxylation sites is 1. The van der Waals surface area contributed by atoms with Gasteiger partial charge in [-0.1, -0.05) is 18.2 Å². The summed E-state index contributed by atoms with van der Waals surface area (Å²) < 4.78 is 5.90. The minimum absolute atomic E-state index is 0.498. The van der Waals surface area contributed by atoms with Crippen molar-refractivity contribution in [1.82, 2.24) is 15.1 Å². The SMILES string of the molecule is Cc1cn[nH]c1CN1CCC[C@H]1COc1ccccc1. The lowest BCUT2D eigenvalue weighted by Crippen LogP contribution is -2.34. The molecular formula is C16H21N3O. The Morgan fingerprint density at radius 2 is 2.20 bits per heavy atom. The third-order valence-electron chi connectivity index (χ3n) is 3.98. The van der Waals surface area contributed by atoms with Crippen LogP contribution in [0.4, 0.5) is 0 Å². The van der Waals surface area contributed by atoms with Gasteiger partial charge in [0.1, 0.15) is 12.4 Å². The minimum Gasteiger partial charge on any atom is -0.492 e. The second-order valence-electron chi connectivity index (χ2n) is 5.42. The lowest BCUT2D eigenvalue weighted by Gasteiger charge is -2.24. The van der Waals surface area contributed by atoms with E-state index in [4.69, 9.17) is 4.74 Å². The molecule has 0 bridgehead atoms. The molecule has 0 amide bonds. The highest BCUT2D eigenvalue weighted by Gasteiger charge is 2.25. The molecule has 1 aliphatic heterocycles. The molecule has 1 atom stereocenters. The molecule has 1 saturated heterocycles. The van der Waals surface area contributed by atoms with Gasteiger partial charge in [0, 0.05) is 12.6 Å². The average Bonchev–Trinajstić information content (AvgIpc) is 3.08. The van der Waals surface area contributed by atoms with Crippen LogP contribution in [-0.2, 0) is 6.54 Å². The van der Waals surface area contributed by atoms with Crippen LogP contribution in [0.1, 0.15) is 24.1 Å². The number of benzene rings is 1. The van der Waals surface area contributed by atoms with Crippen LogP contribution in [0.25, 0.3) is 0 Å². The molecule has 4 heteroatoms. The van der Waals surface area contributed by atoms with Gasteiger partial charge in [-0.2, -0.15) is 5.10 Å². The molecule has 3 rings (SSSR count). The Morgan fingerprint density at radius 1 is 1.35 bits per heavy atom. The van der Waals surface area contributed by atoms with Crippen molar-refractivity contribution >= 4 is 0 Å². The minimum atomic E-state index is 0.498. The van der Waals surface area contributed by atoms with Crippen molar-refractivity contribution in [1.29, 1.82) is 0 Å². The highest BCUT2D eigenvalue weighted by Crippen LogP contribution is 2.21. The Morgan fingerprint density at radius 3 is 2.95 bits per heavy atom. The van der Waals surface area contributed by atoms with Crippen LogP contribution in [0.15, 0.2) is 36.5 Å². The predicted molar refractivity (Wildman–Crippen MR) is 78.7 cm³/mol. The zero-order valence-electron chi connectivity index (χ0n) is 11.9. The summed E-state index contributed by atoms with van der Waals surface area (Å²) >= 11 is 0. The molecule has 0 saturated carbocycles. The fourth-order valence-electron chi connectivity index (χ4n) is 2.74. The molecule has 0 aliphatic carbocycles. The van der Waals surface area contributed by atoms with Gasteiger partial charge in [-0.3, -0.25) is 10.00 Å². The van der Waals surface area contributed by atoms with E-state index in [0.29, 0.717) is 6.04 Å². The first-order valence-electron chi connectivity index (χ1n) is 7.23. The van der Waals surface area contributed by atoms with Crippen molar-refractivity contribution in [2.45, 2.75) is 32.4 Å². The van der Waals surface area contributed by atoms with Crippen LogP contribution < -0.4 is 4.74 Å². The van der Waals surface area contributed by atoms with Crippen molar-refractivity contribution in [2.75, 3.05) is 13.2 Å². The average molecular weight is 271 g/mol. The van der Waals surface area contributed by atoms with Crippen molar-refractivity contribution < 1.29 is 4.74 Å². The summed E-state index contributed by atoms with van der Waals surface area (Å²) in [7, 11) is 0. The zero-order valence-corrected chi connectivity index (χ0v) is 11.9. The number of rotatable bonds is 5. The van der Waals surface area contributed by atoms with Crippen LogP contribution in [-0.4, -0.2) is 34.3 Å². The summed E-state index contributed by atoms with van der Waals surface area (Å²) in [6.07, 6.45) is 4.34. The molecule has 1 aromatic carbocycles. The summed E-state index contributed by atoms with van der Waals surface area (Å²) in [6.45, 7) is 4.94. The standard InChI is InChI=1S/C16H21N3O/c1-13-10-17-18-16(13)11-19-9-5-6-14(19)12-20-15-7-3-2-4-8-15/h2-4,7-8,10,14H,5-6,9,11-12H2,1H3,(H,17,18)/t14-/m0/s1. The zero-order chi connectivity index (χ0) is 13.8. The Hall–Kier alpha value is -1.81. The van der Waals surface area contributed by atoms with Crippen LogP contribution in [0.3, 0.4) is 0 Å².